The van der Waals surface area contributed by atoms with Crippen LogP contribution in [0.25, 0.3) is 0 Å². The fourth-order valence-corrected chi connectivity index (χ4v) is 8.36. The molecule has 2 heteroatoms. The molecule has 0 aromatic heterocycles. The Bertz CT molecular complexity index is 678. The third-order valence-electron chi connectivity index (χ3n) is 10.5. The molecule has 3 fully saturated rings. The fourth-order valence-electron chi connectivity index (χ4n) is 8.36. The molecule has 0 amide bonds. The van der Waals surface area contributed by atoms with E-state index in [0.29, 0.717) is 17.3 Å². The molecule has 0 radical (unpaired) electrons. The number of rotatable bonds is 4. The van der Waals surface area contributed by atoms with Gasteiger partial charge in [-0.3, -0.25) is 0 Å². The van der Waals surface area contributed by atoms with E-state index in [1.165, 1.54) is 49.0 Å². The second kappa shape index (κ2) is 7.72. The monoisotopic (exact) mass is 399 g/mol. The van der Waals surface area contributed by atoms with Crippen LogP contribution in [0.2, 0.25) is 0 Å². The van der Waals surface area contributed by atoms with Crippen molar-refractivity contribution in [2.24, 2.45) is 52.3 Å². The molecule has 29 heavy (non-hydrogen) atoms. The average Bonchev–Trinajstić information content (AvgIpc) is 3.03. The minimum Gasteiger partial charge on any atom is -0.624 e. The first-order valence-corrected chi connectivity index (χ1v) is 12.7. The number of hydroxylamine groups is 1. The predicted molar refractivity (Wildman–Crippen MR) is 123 cm³/mol. The number of nitrogens with zero attached hydrogens (tertiary/aromatic N) is 1. The molecule has 4 aliphatic rings. The van der Waals surface area contributed by atoms with Crippen LogP contribution in [0.4, 0.5) is 0 Å². The lowest BCUT2D eigenvalue weighted by molar-refractivity contribution is -0.473. The highest BCUT2D eigenvalue weighted by molar-refractivity contribution is 5.87. The number of hydrogen-bond donors (Lipinski definition) is 0. The first-order chi connectivity index (χ1) is 13.7. The predicted octanol–water partition coefficient (Wildman–Crippen LogP) is 7.07. The lowest BCUT2D eigenvalue weighted by Crippen LogP contribution is -2.55. The minimum absolute atomic E-state index is 0.195. The SMILES string of the molecule is CC(C)C(C)/C=C/[C@@H](C)[C@H]1CC[C@H]2[C@@H]3CCC4=[N+]([O-])CCC[C@]4(C)[C@H]3CC[C@]12C. The van der Waals surface area contributed by atoms with E-state index in [1.54, 1.807) is 0 Å². The zero-order valence-corrected chi connectivity index (χ0v) is 19.9. The van der Waals surface area contributed by atoms with Crippen LogP contribution in [-0.4, -0.2) is 17.0 Å². The molecule has 164 valence electrons. The quantitative estimate of drug-likeness (QED) is 0.282. The smallest absolute Gasteiger partial charge is 0.169 e. The van der Waals surface area contributed by atoms with Crippen molar-refractivity contribution >= 4 is 5.71 Å². The van der Waals surface area contributed by atoms with Gasteiger partial charge in [0.2, 0.25) is 0 Å². The van der Waals surface area contributed by atoms with Gasteiger partial charge >= 0.3 is 0 Å². The molecule has 1 aliphatic heterocycles. The zero-order chi connectivity index (χ0) is 21.0. The molecule has 2 nitrogen and oxygen atoms in total. The van der Waals surface area contributed by atoms with E-state index in [9.17, 15) is 5.21 Å². The molecule has 0 N–H and O–H groups in total. The summed E-state index contributed by atoms with van der Waals surface area (Å²) in [5.74, 6) is 5.42. The van der Waals surface area contributed by atoms with Gasteiger partial charge in [0.15, 0.2) is 12.3 Å². The Morgan fingerprint density at radius 3 is 2.45 bits per heavy atom. The van der Waals surface area contributed by atoms with Gasteiger partial charge in [-0.1, -0.05) is 46.8 Å². The average molecular weight is 400 g/mol. The topological polar surface area (TPSA) is 26.1 Å². The summed E-state index contributed by atoms with van der Waals surface area (Å²) in [6.07, 6.45) is 15.3. The van der Waals surface area contributed by atoms with Gasteiger partial charge in [0, 0.05) is 12.8 Å². The van der Waals surface area contributed by atoms with Crippen molar-refractivity contribution in [1.29, 1.82) is 0 Å². The molecule has 3 saturated carbocycles. The molecule has 1 unspecified atom stereocenters. The van der Waals surface area contributed by atoms with Crippen LogP contribution in [0.15, 0.2) is 12.2 Å². The number of fused-ring (bicyclic) bond motifs is 5. The normalized spacial score (nSPS) is 44.5. The van der Waals surface area contributed by atoms with E-state index in [4.69, 9.17) is 0 Å². The second-order valence-electron chi connectivity index (χ2n) is 12.1. The largest absolute Gasteiger partial charge is 0.624 e. The van der Waals surface area contributed by atoms with Gasteiger partial charge in [0.25, 0.3) is 0 Å². The summed E-state index contributed by atoms with van der Waals surface area (Å²) in [5, 5.41) is 12.6. The van der Waals surface area contributed by atoms with Crippen molar-refractivity contribution in [3.63, 3.8) is 0 Å². The summed E-state index contributed by atoms with van der Waals surface area (Å²) in [6, 6.07) is 0. The summed E-state index contributed by atoms with van der Waals surface area (Å²) in [4.78, 5) is 0. The van der Waals surface area contributed by atoms with Crippen LogP contribution in [0, 0.1) is 57.5 Å². The Labute approximate surface area is 179 Å². The maximum absolute atomic E-state index is 12.6. The van der Waals surface area contributed by atoms with Crippen LogP contribution in [0.3, 0.4) is 0 Å². The highest BCUT2D eigenvalue weighted by atomic mass is 16.5. The summed E-state index contributed by atoms with van der Waals surface area (Å²) in [5.41, 5.74) is 1.97. The first-order valence-electron chi connectivity index (χ1n) is 12.7. The molecule has 0 spiro atoms. The second-order valence-corrected chi connectivity index (χ2v) is 12.1. The Morgan fingerprint density at radius 2 is 1.72 bits per heavy atom. The Morgan fingerprint density at radius 1 is 0.966 bits per heavy atom. The van der Waals surface area contributed by atoms with E-state index in [-0.39, 0.29) is 5.41 Å². The van der Waals surface area contributed by atoms with Gasteiger partial charge in [-0.05, 0) is 92.3 Å². The number of allylic oxidation sites excluding steroid dienone is 2. The van der Waals surface area contributed by atoms with Crippen molar-refractivity contribution in [3.05, 3.63) is 17.4 Å². The highest BCUT2D eigenvalue weighted by Crippen LogP contribution is 2.66. The third-order valence-corrected chi connectivity index (χ3v) is 10.5. The van der Waals surface area contributed by atoms with Gasteiger partial charge in [0.05, 0.1) is 5.41 Å². The maximum Gasteiger partial charge on any atom is 0.169 e. The maximum atomic E-state index is 12.6. The molecule has 0 bridgehead atoms. The van der Waals surface area contributed by atoms with Gasteiger partial charge < -0.3 is 5.21 Å². The van der Waals surface area contributed by atoms with Crippen LogP contribution in [0.1, 0.15) is 92.9 Å². The van der Waals surface area contributed by atoms with Gasteiger partial charge in [-0.2, -0.15) is 0 Å². The van der Waals surface area contributed by atoms with E-state index < -0.39 is 0 Å². The lowest BCUT2D eigenvalue weighted by Gasteiger charge is -2.57. The molecule has 0 saturated heterocycles. The van der Waals surface area contributed by atoms with Crippen molar-refractivity contribution in [2.45, 2.75) is 92.9 Å². The molecule has 3 aliphatic carbocycles. The van der Waals surface area contributed by atoms with E-state index in [2.05, 4.69) is 53.7 Å². The third kappa shape index (κ3) is 3.41. The first kappa shape index (κ1) is 21.4. The van der Waals surface area contributed by atoms with E-state index in [0.717, 1.165) is 49.0 Å². The van der Waals surface area contributed by atoms with Gasteiger partial charge in [0.1, 0.15) is 0 Å². The van der Waals surface area contributed by atoms with Crippen LogP contribution >= 0.6 is 0 Å². The Kier molecular flexibility index (Phi) is 5.71. The van der Waals surface area contributed by atoms with Gasteiger partial charge in [-0.25, -0.2) is 4.74 Å². The molecular weight excluding hydrogens is 354 g/mol. The fraction of sp³-hybridized carbons (Fsp3) is 0.889. The molecular formula is C27H45NO. The summed E-state index contributed by atoms with van der Waals surface area (Å²) in [7, 11) is 0. The van der Waals surface area contributed by atoms with E-state index in [1.807, 2.05) is 0 Å². The lowest BCUT2D eigenvalue weighted by atomic mass is 9.47. The van der Waals surface area contributed by atoms with Crippen LogP contribution < -0.4 is 0 Å². The highest BCUT2D eigenvalue weighted by Gasteiger charge is 2.61. The summed E-state index contributed by atoms with van der Waals surface area (Å²) >= 11 is 0. The molecule has 4 rings (SSSR count). The number of hydrogen-bond acceptors (Lipinski definition) is 1. The molecule has 8 atom stereocenters. The summed E-state index contributed by atoms with van der Waals surface area (Å²) < 4.78 is 1.40. The van der Waals surface area contributed by atoms with Crippen LogP contribution in [-0.2, 0) is 0 Å². The van der Waals surface area contributed by atoms with Crippen molar-refractivity contribution in [2.75, 3.05) is 6.54 Å². The molecule has 0 aromatic carbocycles. The molecule has 1 heterocycles. The van der Waals surface area contributed by atoms with Crippen molar-refractivity contribution in [1.82, 2.24) is 0 Å². The minimum atomic E-state index is 0.195. The zero-order valence-electron chi connectivity index (χ0n) is 19.9. The van der Waals surface area contributed by atoms with Crippen LogP contribution in [0.5, 0.6) is 0 Å². The Balaban J connectivity index is 1.54. The van der Waals surface area contributed by atoms with E-state index >= 15 is 0 Å². The van der Waals surface area contributed by atoms with Gasteiger partial charge in [-0.15, -0.1) is 0 Å². The molecule has 0 aromatic rings. The Hall–Kier alpha value is -0.790. The van der Waals surface area contributed by atoms with Crippen molar-refractivity contribution < 1.29 is 4.74 Å². The standard InChI is InChI=1S/C27H45NO/c1-18(2)19(3)8-9-20(4)22-11-12-23-21-10-13-25-27(6,15-7-17-28(25)29)24(21)14-16-26(22,23)5/h8-9,18-24H,7,10-17H2,1-6H3/b9-8+/t19?,20-,21+,22-,23+,24+,26-,27-/m1/s1. The summed E-state index contributed by atoms with van der Waals surface area (Å²) in [6.45, 7) is 15.3. The van der Waals surface area contributed by atoms with Crippen molar-refractivity contribution in [3.8, 4) is 0 Å².